The largest absolute Gasteiger partial charge is 0.0837 e. The molecule has 1 spiro atoms. The van der Waals surface area contributed by atoms with Crippen LogP contribution in [0.4, 0.5) is 0 Å². The van der Waals surface area contributed by atoms with Crippen molar-refractivity contribution in [2.45, 2.75) is 18.3 Å². The van der Waals surface area contributed by atoms with Crippen LogP contribution in [0.1, 0.15) is 33.4 Å². The lowest BCUT2D eigenvalue weighted by molar-refractivity contribution is 0.762. The fourth-order valence-electron chi connectivity index (χ4n) is 5.49. The molecule has 0 N–H and O–H groups in total. The van der Waals surface area contributed by atoms with Gasteiger partial charge in [-0.3, -0.25) is 0 Å². The van der Waals surface area contributed by atoms with Crippen LogP contribution in [0.5, 0.6) is 0 Å². The summed E-state index contributed by atoms with van der Waals surface area (Å²) < 4.78 is 0. The molecule has 0 amide bonds. The standard InChI is InChI=1S/C27H19Cl/c28-25-15-7-14-24-26(25)20-10-3-6-13-23(20)27(24)21-11-4-1-8-18(21)16-17-19-9-2-5-12-22(19)27/h1-15H,16-17H2. The van der Waals surface area contributed by atoms with Crippen molar-refractivity contribution in [3.63, 3.8) is 0 Å². The number of halogens is 1. The molecule has 0 saturated heterocycles. The summed E-state index contributed by atoms with van der Waals surface area (Å²) in [6.45, 7) is 0. The summed E-state index contributed by atoms with van der Waals surface area (Å²) in [6.07, 6.45) is 2.13. The second kappa shape index (κ2) is 5.83. The highest BCUT2D eigenvalue weighted by molar-refractivity contribution is 6.34. The van der Waals surface area contributed by atoms with Gasteiger partial charge in [0.1, 0.15) is 0 Å². The Morgan fingerprint density at radius 3 is 1.75 bits per heavy atom. The van der Waals surface area contributed by atoms with Gasteiger partial charge >= 0.3 is 0 Å². The van der Waals surface area contributed by atoms with Gasteiger partial charge in [0.2, 0.25) is 0 Å². The SMILES string of the molecule is Clc1cccc2c1-c1ccccc1C21c2ccccc2CCc2ccccc21. The van der Waals surface area contributed by atoms with Crippen LogP contribution < -0.4 is 0 Å². The Hall–Kier alpha value is -2.83. The van der Waals surface area contributed by atoms with Crippen molar-refractivity contribution in [3.8, 4) is 11.1 Å². The molecule has 28 heavy (non-hydrogen) atoms. The number of hydrogen-bond donors (Lipinski definition) is 0. The molecule has 0 aromatic heterocycles. The van der Waals surface area contributed by atoms with E-state index in [-0.39, 0.29) is 5.41 Å². The lowest BCUT2D eigenvalue weighted by Gasteiger charge is -2.35. The summed E-state index contributed by atoms with van der Waals surface area (Å²) in [7, 11) is 0. The van der Waals surface area contributed by atoms with Crippen LogP contribution in [0.3, 0.4) is 0 Å². The molecule has 1 heteroatoms. The molecule has 0 unspecified atom stereocenters. The van der Waals surface area contributed by atoms with Gasteiger partial charge in [-0.1, -0.05) is 96.5 Å². The lowest BCUT2D eigenvalue weighted by Crippen LogP contribution is -2.29. The highest BCUT2D eigenvalue weighted by Crippen LogP contribution is 2.59. The van der Waals surface area contributed by atoms with Crippen LogP contribution in [0.25, 0.3) is 11.1 Å². The van der Waals surface area contributed by atoms with Gasteiger partial charge in [-0.2, -0.15) is 0 Å². The maximum atomic E-state index is 6.79. The van der Waals surface area contributed by atoms with Crippen molar-refractivity contribution in [2.75, 3.05) is 0 Å². The van der Waals surface area contributed by atoms with Crippen molar-refractivity contribution in [1.82, 2.24) is 0 Å². The van der Waals surface area contributed by atoms with Gasteiger partial charge in [-0.25, -0.2) is 0 Å². The average molecular weight is 379 g/mol. The monoisotopic (exact) mass is 378 g/mol. The molecule has 4 aromatic carbocycles. The van der Waals surface area contributed by atoms with E-state index in [1.165, 1.54) is 44.5 Å². The number of benzene rings is 4. The third-order valence-corrected chi connectivity index (χ3v) is 6.84. The van der Waals surface area contributed by atoms with E-state index in [4.69, 9.17) is 11.6 Å². The molecular formula is C27H19Cl. The number of hydrogen-bond acceptors (Lipinski definition) is 0. The van der Waals surface area contributed by atoms with Gasteiger partial charge in [0, 0.05) is 10.6 Å². The van der Waals surface area contributed by atoms with Crippen molar-refractivity contribution in [1.29, 1.82) is 0 Å². The topological polar surface area (TPSA) is 0 Å². The van der Waals surface area contributed by atoms with Gasteiger partial charge in [-0.05, 0) is 57.9 Å². The first-order chi connectivity index (χ1) is 13.8. The predicted octanol–water partition coefficient (Wildman–Crippen LogP) is 6.80. The third kappa shape index (κ3) is 1.91. The zero-order valence-electron chi connectivity index (χ0n) is 15.5. The van der Waals surface area contributed by atoms with E-state index in [2.05, 4.69) is 84.9 Å². The van der Waals surface area contributed by atoms with Crippen molar-refractivity contribution in [3.05, 3.63) is 129 Å². The third-order valence-electron chi connectivity index (χ3n) is 6.52. The number of fused-ring (bicyclic) bond motifs is 9. The maximum Gasteiger partial charge on any atom is 0.0719 e. The van der Waals surface area contributed by atoms with E-state index >= 15 is 0 Å². The summed E-state index contributed by atoms with van der Waals surface area (Å²) in [4.78, 5) is 0. The molecule has 0 saturated carbocycles. The quantitative estimate of drug-likeness (QED) is 0.278. The summed E-state index contributed by atoms with van der Waals surface area (Å²) in [6, 6.07) is 33.2. The normalized spacial score (nSPS) is 15.3. The predicted molar refractivity (Wildman–Crippen MR) is 116 cm³/mol. The molecule has 0 aliphatic heterocycles. The zero-order chi connectivity index (χ0) is 18.7. The molecule has 6 rings (SSSR count). The van der Waals surface area contributed by atoms with Crippen LogP contribution in [-0.2, 0) is 18.3 Å². The Kier molecular flexibility index (Phi) is 3.36. The van der Waals surface area contributed by atoms with Crippen LogP contribution >= 0.6 is 11.6 Å². The molecule has 4 aromatic rings. The summed E-state index contributed by atoms with van der Waals surface area (Å²) in [5.41, 5.74) is 10.5. The van der Waals surface area contributed by atoms with Gasteiger partial charge in [0.15, 0.2) is 0 Å². The van der Waals surface area contributed by atoms with Gasteiger partial charge in [0.05, 0.1) is 5.41 Å². The number of rotatable bonds is 0. The van der Waals surface area contributed by atoms with Crippen LogP contribution in [-0.4, -0.2) is 0 Å². The van der Waals surface area contributed by atoms with Gasteiger partial charge < -0.3 is 0 Å². The minimum Gasteiger partial charge on any atom is -0.0837 e. The summed E-state index contributed by atoms with van der Waals surface area (Å²) in [5, 5.41) is 0.834. The lowest BCUT2D eigenvalue weighted by atomic mass is 9.66. The van der Waals surface area contributed by atoms with Gasteiger partial charge in [0.25, 0.3) is 0 Å². The fourth-order valence-corrected chi connectivity index (χ4v) is 5.76. The molecular weight excluding hydrogens is 360 g/mol. The first-order valence-electron chi connectivity index (χ1n) is 9.87. The first-order valence-corrected chi connectivity index (χ1v) is 10.3. The van der Waals surface area contributed by atoms with Crippen LogP contribution in [0.2, 0.25) is 5.02 Å². The molecule has 0 fully saturated rings. The highest BCUT2D eigenvalue weighted by Gasteiger charge is 2.49. The second-order valence-electron chi connectivity index (χ2n) is 7.77. The minimum absolute atomic E-state index is 0.305. The van der Waals surface area contributed by atoms with E-state index < -0.39 is 0 Å². The van der Waals surface area contributed by atoms with E-state index in [0.717, 1.165) is 17.9 Å². The smallest absolute Gasteiger partial charge is 0.0719 e. The zero-order valence-corrected chi connectivity index (χ0v) is 16.2. The fraction of sp³-hybridized carbons (Fsp3) is 0.111. The molecule has 2 aliphatic rings. The first kappa shape index (κ1) is 16.2. The Balaban J connectivity index is 1.88. The summed E-state index contributed by atoms with van der Waals surface area (Å²) in [5.74, 6) is 0. The van der Waals surface area contributed by atoms with E-state index in [1.807, 2.05) is 6.07 Å². The second-order valence-corrected chi connectivity index (χ2v) is 8.18. The van der Waals surface area contributed by atoms with Crippen molar-refractivity contribution in [2.24, 2.45) is 0 Å². The van der Waals surface area contributed by atoms with Crippen LogP contribution in [0, 0.1) is 0 Å². The van der Waals surface area contributed by atoms with Crippen LogP contribution in [0.15, 0.2) is 91.0 Å². The molecule has 0 atom stereocenters. The maximum absolute atomic E-state index is 6.79. The number of aryl methyl sites for hydroxylation is 2. The summed E-state index contributed by atoms with van der Waals surface area (Å²) >= 11 is 6.79. The Morgan fingerprint density at radius 2 is 1.07 bits per heavy atom. The average Bonchev–Trinajstić information content (AvgIpc) is 2.95. The van der Waals surface area contributed by atoms with E-state index in [9.17, 15) is 0 Å². The Bertz CT molecular complexity index is 1190. The minimum atomic E-state index is -0.305. The molecule has 134 valence electrons. The van der Waals surface area contributed by atoms with E-state index in [0.29, 0.717) is 0 Å². The Labute approximate surface area is 170 Å². The molecule has 0 bridgehead atoms. The van der Waals surface area contributed by atoms with E-state index in [1.54, 1.807) is 0 Å². The van der Waals surface area contributed by atoms with Gasteiger partial charge in [-0.15, -0.1) is 0 Å². The molecule has 2 aliphatic carbocycles. The molecule has 0 heterocycles. The molecule has 0 nitrogen and oxygen atoms in total. The molecule has 0 radical (unpaired) electrons. The van der Waals surface area contributed by atoms with Crippen molar-refractivity contribution >= 4 is 11.6 Å². The van der Waals surface area contributed by atoms with Crippen molar-refractivity contribution < 1.29 is 0 Å². The Morgan fingerprint density at radius 1 is 0.536 bits per heavy atom. The highest BCUT2D eigenvalue weighted by atomic mass is 35.5.